The van der Waals surface area contributed by atoms with Crippen LogP contribution in [0.15, 0.2) is 72.8 Å². The molecule has 3 aromatic carbocycles. The maximum Gasteiger partial charge on any atom is 0.167 e. The maximum atomic E-state index is 10.4. The van der Waals surface area contributed by atoms with Gasteiger partial charge in [-0.05, 0) is 55.5 Å². The molecule has 6 nitrogen and oxygen atoms in total. The number of phenols is 1. The molecule has 0 aliphatic carbocycles. The van der Waals surface area contributed by atoms with Gasteiger partial charge in [-0.1, -0.05) is 24.3 Å². The van der Waals surface area contributed by atoms with Gasteiger partial charge in [-0.3, -0.25) is 0 Å². The van der Waals surface area contributed by atoms with E-state index in [4.69, 9.17) is 14.5 Å². The molecule has 0 unspecified atom stereocenters. The third kappa shape index (κ3) is 3.93. The molecule has 0 saturated carbocycles. The van der Waals surface area contributed by atoms with E-state index in [2.05, 4.69) is 9.97 Å². The van der Waals surface area contributed by atoms with Crippen LogP contribution in [0.25, 0.3) is 34.2 Å². The lowest BCUT2D eigenvalue weighted by molar-refractivity contribution is 0.341. The summed E-state index contributed by atoms with van der Waals surface area (Å²) in [6.07, 6.45) is 0. The van der Waals surface area contributed by atoms with Crippen LogP contribution in [0, 0.1) is 0 Å². The van der Waals surface area contributed by atoms with Gasteiger partial charge in [0, 0.05) is 5.56 Å². The molecule has 4 rings (SSSR count). The second-order valence-electron chi connectivity index (χ2n) is 6.48. The highest BCUT2D eigenvalue weighted by Gasteiger charge is 2.16. The van der Waals surface area contributed by atoms with E-state index in [1.54, 1.807) is 25.3 Å². The van der Waals surface area contributed by atoms with Crippen LogP contribution in [0.5, 0.6) is 17.2 Å². The number of hydrogen-bond acceptors (Lipinski definition) is 6. The number of ether oxygens (including phenoxy) is 2. The van der Waals surface area contributed by atoms with E-state index in [9.17, 15) is 5.11 Å². The van der Waals surface area contributed by atoms with Gasteiger partial charge in [-0.25, -0.2) is 15.0 Å². The number of methoxy groups -OCH3 is 1. The summed E-state index contributed by atoms with van der Waals surface area (Å²) in [4.78, 5) is 14.0. The number of aromatic hydroxyl groups is 1. The predicted molar refractivity (Wildman–Crippen MR) is 116 cm³/mol. The summed E-state index contributed by atoms with van der Waals surface area (Å²) in [5.74, 6) is 2.89. The number of para-hydroxylation sites is 2. The van der Waals surface area contributed by atoms with E-state index in [0.29, 0.717) is 35.4 Å². The lowest BCUT2D eigenvalue weighted by Gasteiger charge is -2.12. The predicted octanol–water partition coefficient (Wildman–Crippen LogP) is 4.99. The molecule has 4 aromatic rings. The van der Waals surface area contributed by atoms with E-state index < -0.39 is 0 Å². The molecule has 1 N–H and O–H groups in total. The Morgan fingerprint density at radius 1 is 0.733 bits per heavy atom. The fourth-order valence-electron chi connectivity index (χ4n) is 3.08. The number of hydrogen-bond donors (Lipinski definition) is 1. The fraction of sp³-hybridized carbons (Fsp3) is 0.125. The van der Waals surface area contributed by atoms with Crippen molar-refractivity contribution < 1.29 is 14.6 Å². The standard InChI is InChI=1S/C24H21N3O3/c1-3-30-21-11-7-5-9-19(21)24-26-22(16-12-14-17(29-2)15-13-16)25-23(27-24)18-8-4-6-10-20(18)28/h4-15,28H,3H2,1-2H3. The van der Waals surface area contributed by atoms with E-state index in [0.717, 1.165) is 16.9 Å². The molecule has 0 aliphatic rings. The van der Waals surface area contributed by atoms with Gasteiger partial charge in [-0.15, -0.1) is 0 Å². The highest BCUT2D eigenvalue weighted by molar-refractivity contribution is 5.71. The number of phenolic OH excluding ortho intramolecular Hbond substituents is 1. The Bertz CT molecular complexity index is 1160. The van der Waals surface area contributed by atoms with Crippen LogP contribution in [-0.4, -0.2) is 33.8 Å². The van der Waals surface area contributed by atoms with Gasteiger partial charge in [0.25, 0.3) is 0 Å². The van der Waals surface area contributed by atoms with Crippen LogP contribution >= 0.6 is 0 Å². The maximum absolute atomic E-state index is 10.4. The van der Waals surface area contributed by atoms with Gasteiger partial charge < -0.3 is 14.6 Å². The summed E-state index contributed by atoms with van der Waals surface area (Å²) in [7, 11) is 1.62. The molecule has 30 heavy (non-hydrogen) atoms. The molecule has 0 aliphatic heterocycles. The van der Waals surface area contributed by atoms with Gasteiger partial charge >= 0.3 is 0 Å². The van der Waals surface area contributed by atoms with Gasteiger partial charge in [0.15, 0.2) is 17.5 Å². The fourth-order valence-corrected chi connectivity index (χ4v) is 3.08. The van der Waals surface area contributed by atoms with Crippen LogP contribution in [0.4, 0.5) is 0 Å². The average Bonchev–Trinajstić information content (AvgIpc) is 2.80. The molecule has 0 fully saturated rings. The molecule has 150 valence electrons. The van der Waals surface area contributed by atoms with Crippen LogP contribution in [0.3, 0.4) is 0 Å². The highest BCUT2D eigenvalue weighted by Crippen LogP contribution is 2.33. The lowest BCUT2D eigenvalue weighted by Crippen LogP contribution is -2.02. The minimum absolute atomic E-state index is 0.105. The Labute approximate surface area is 174 Å². The number of rotatable bonds is 6. The molecule has 6 heteroatoms. The summed E-state index contributed by atoms with van der Waals surface area (Å²) >= 11 is 0. The van der Waals surface area contributed by atoms with E-state index in [1.165, 1.54) is 0 Å². The minimum Gasteiger partial charge on any atom is -0.507 e. The van der Waals surface area contributed by atoms with Gasteiger partial charge in [0.2, 0.25) is 0 Å². The van der Waals surface area contributed by atoms with Crippen LogP contribution < -0.4 is 9.47 Å². The van der Waals surface area contributed by atoms with Gasteiger partial charge in [-0.2, -0.15) is 0 Å². The molecule has 0 atom stereocenters. The van der Waals surface area contributed by atoms with E-state index >= 15 is 0 Å². The van der Waals surface area contributed by atoms with Crippen molar-refractivity contribution in [2.24, 2.45) is 0 Å². The Morgan fingerprint density at radius 3 is 2.00 bits per heavy atom. The monoisotopic (exact) mass is 399 g/mol. The summed E-state index contributed by atoms with van der Waals surface area (Å²) in [6.45, 7) is 2.46. The molecule has 0 saturated heterocycles. The van der Waals surface area contributed by atoms with Crippen molar-refractivity contribution in [1.82, 2.24) is 15.0 Å². The minimum atomic E-state index is 0.105. The largest absolute Gasteiger partial charge is 0.507 e. The van der Waals surface area contributed by atoms with Gasteiger partial charge in [0.05, 0.1) is 24.8 Å². The summed E-state index contributed by atoms with van der Waals surface area (Å²) < 4.78 is 11.0. The zero-order valence-corrected chi connectivity index (χ0v) is 16.7. The molecule has 0 bridgehead atoms. The zero-order valence-electron chi connectivity index (χ0n) is 16.7. The zero-order chi connectivity index (χ0) is 20.9. The topological polar surface area (TPSA) is 77.4 Å². The van der Waals surface area contributed by atoms with Crippen molar-refractivity contribution in [3.8, 4) is 51.4 Å². The normalized spacial score (nSPS) is 10.6. The quantitative estimate of drug-likeness (QED) is 0.492. The lowest BCUT2D eigenvalue weighted by atomic mass is 10.1. The second kappa shape index (κ2) is 8.61. The van der Waals surface area contributed by atoms with Gasteiger partial charge in [0.1, 0.15) is 17.2 Å². The Hall–Kier alpha value is -3.93. The summed E-state index contributed by atoms with van der Waals surface area (Å²) in [6, 6.07) is 22.1. The molecule has 1 aromatic heterocycles. The Morgan fingerprint density at radius 2 is 1.33 bits per heavy atom. The first-order valence-electron chi connectivity index (χ1n) is 9.60. The third-order valence-corrected chi connectivity index (χ3v) is 4.56. The molecule has 0 amide bonds. The average molecular weight is 399 g/mol. The van der Waals surface area contributed by atoms with Crippen LogP contribution in [0.2, 0.25) is 0 Å². The van der Waals surface area contributed by atoms with E-state index in [-0.39, 0.29) is 5.75 Å². The van der Waals surface area contributed by atoms with Crippen molar-refractivity contribution in [3.63, 3.8) is 0 Å². The SMILES string of the molecule is CCOc1ccccc1-c1nc(-c2ccc(OC)cc2)nc(-c2ccccc2O)n1. The van der Waals surface area contributed by atoms with Crippen molar-refractivity contribution in [2.75, 3.05) is 13.7 Å². The molecule has 0 spiro atoms. The number of nitrogens with zero attached hydrogens (tertiary/aromatic N) is 3. The Kier molecular flexibility index (Phi) is 5.57. The first-order chi connectivity index (χ1) is 14.7. The molecule has 1 heterocycles. The van der Waals surface area contributed by atoms with Crippen LogP contribution in [-0.2, 0) is 0 Å². The first-order valence-corrected chi connectivity index (χ1v) is 9.60. The van der Waals surface area contributed by atoms with Crippen LogP contribution in [0.1, 0.15) is 6.92 Å². The van der Waals surface area contributed by atoms with Crippen molar-refractivity contribution in [3.05, 3.63) is 72.8 Å². The number of benzene rings is 3. The summed E-state index contributed by atoms with van der Waals surface area (Å²) in [5.41, 5.74) is 2.10. The molecular weight excluding hydrogens is 378 g/mol. The van der Waals surface area contributed by atoms with Crippen molar-refractivity contribution in [2.45, 2.75) is 6.92 Å². The molecule has 0 radical (unpaired) electrons. The third-order valence-electron chi connectivity index (χ3n) is 4.56. The highest BCUT2D eigenvalue weighted by atomic mass is 16.5. The van der Waals surface area contributed by atoms with Crippen molar-refractivity contribution in [1.29, 1.82) is 0 Å². The Balaban J connectivity index is 1.92. The number of aromatic nitrogens is 3. The van der Waals surface area contributed by atoms with E-state index in [1.807, 2.05) is 61.5 Å². The first kappa shape index (κ1) is 19.4. The van der Waals surface area contributed by atoms with Crippen molar-refractivity contribution >= 4 is 0 Å². The smallest absolute Gasteiger partial charge is 0.167 e. The summed E-state index contributed by atoms with van der Waals surface area (Å²) in [5, 5.41) is 10.4. The molecular formula is C24H21N3O3. The second-order valence-corrected chi connectivity index (χ2v) is 6.48.